The molecule has 4 nitrogen and oxygen atoms in total. The van der Waals surface area contributed by atoms with Crippen LogP contribution in [0.15, 0.2) is 5.38 Å². The second-order valence-electron chi connectivity index (χ2n) is 4.07. The summed E-state index contributed by atoms with van der Waals surface area (Å²) in [5.74, 6) is 0. The average molecular weight is 272 g/mol. The van der Waals surface area contributed by atoms with Crippen molar-refractivity contribution in [3.8, 4) is 0 Å². The van der Waals surface area contributed by atoms with Gasteiger partial charge >= 0.3 is 0 Å². The number of ether oxygens (including phenoxy) is 2. The van der Waals surface area contributed by atoms with Crippen LogP contribution in [0.3, 0.4) is 0 Å². The van der Waals surface area contributed by atoms with Gasteiger partial charge in [-0.3, -0.25) is 0 Å². The first kappa shape index (κ1) is 15.6. The predicted molar refractivity (Wildman–Crippen MR) is 74.9 cm³/mol. The first-order valence-corrected chi connectivity index (χ1v) is 7.54. The van der Waals surface area contributed by atoms with Gasteiger partial charge in [0.25, 0.3) is 0 Å². The Hall–Kier alpha value is -0.490. The summed E-state index contributed by atoms with van der Waals surface area (Å²) in [6.07, 6.45) is 2.21. The van der Waals surface area contributed by atoms with Gasteiger partial charge in [-0.05, 0) is 19.4 Å². The van der Waals surface area contributed by atoms with Gasteiger partial charge in [0.2, 0.25) is 0 Å². The van der Waals surface area contributed by atoms with E-state index in [1.54, 1.807) is 11.3 Å². The molecule has 0 aliphatic carbocycles. The summed E-state index contributed by atoms with van der Waals surface area (Å²) in [5, 5.41) is 6.54. The Bertz CT molecular complexity index is 305. The second kappa shape index (κ2) is 10.4. The third kappa shape index (κ3) is 7.06. The van der Waals surface area contributed by atoms with Crippen LogP contribution in [0.4, 0.5) is 0 Å². The normalized spacial score (nSPS) is 11.0. The summed E-state index contributed by atoms with van der Waals surface area (Å²) >= 11 is 1.69. The molecule has 0 saturated heterocycles. The van der Waals surface area contributed by atoms with E-state index in [0.29, 0.717) is 19.8 Å². The van der Waals surface area contributed by atoms with E-state index in [9.17, 15) is 0 Å². The molecule has 1 heterocycles. The molecule has 1 aromatic heterocycles. The second-order valence-corrected chi connectivity index (χ2v) is 5.02. The Morgan fingerprint density at radius 1 is 1.17 bits per heavy atom. The maximum Gasteiger partial charge on any atom is 0.107 e. The third-order valence-corrected chi connectivity index (χ3v) is 3.17. The van der Waals surface area contributed by atoms with E-state index < -0.39 is 0 Å². The molecule has 5 heteroatoms. The minimum absolute atomic E-state index is 0.583. The zero-order valence-corrected chi connectivity index (χ0v) is 12.2. The highest BCUT2D eigenvalue weighted by atomic mass is 32.1. The molecule has 0 atom stereocenters. The molecule has 0 saturated carbocycles. The zero-order valence-electron chi connectivity index (χ0n) is 11.4. The van der Waals surface area contributed by atoms with Gasteiger partial charge in [0.05, 0.1) is 25.5 Å². The summed E-state index contributed by atoms with van der Waals surface area (Å²) in [4.78, 5) is 4.51. The molecule has 1 aromatic rings. The van der Waals surface area contributed by atoms with Crippen molar-refractivity contribution in [1.29, 1.82) is 0 Å². The molecule has 1 rings (SSSR count). The standard InChI is InChI=1S/C13H24N2O2S/c1-3-5-14-9-13-15-12(11-18-13)10-17-8-7-16-6-4-2/h11,14H,3-10H2,1-2H3. The maximum atomic E-state index is 5.50. The fourth-order valence-electron chi connectivity index (χ4n) is 1.41. The smallest absolute Gasteiger partial charge is 0.107 e. The lowest BCUT2D eigenvalue weighted by atomic mass is 10.5. The van der Waals surface area contributed by atoms with Crippen LogP contribution in [-0.4, -0.2) is 31.3 Å². The Morgan fingerprint density at radius 3 is 2.78 bits per heavy atom. The van der Waals surface area contributed by atoms with Gasteiger partial charge in [0, 0.05) is 18.5 Å². The van der Waals surface area contributed by atoms with E-state index in [0.717, 1.165) is 43.2 Å². The van der Waals surface area contributed by atoms with Gasteiger partial charge in [-0.1, -0.05) is 13.8 Å². The first-order chi connectivity index (χ1) is 8.86. The monoisotopic (exact) mass is 272 g/mol. The molecule has 0 amide bonds. The van der Waals surface area contributed by atoms with Crippen LogP contribution in [0.5, 0.6) is 0 Å². The summed E-state index contributed by atoms with van der Waals surface area (Å²) in [6.45, 7) is 8.87. The predicted octanol–water partition coefficient (Wildman–Crippen LogP) is 2.59. The minimum Gasteiger partial charge on any atom is -0.379 e. The van der Waals surface area contributed by atoms with Crippen molar-refractivity contribution < 1.29 is 9.47 Å². The van der Waals surface area contributed by atoms with Gasteiger partial charge in [-0.2, -0.15) is 0 Å². The lowest BCUT2D eigenvalue weighted by Crippen LogP contribution is -2.13. The van der Waals surface area contributed by atoms with Crippen molar-refractivity contribution in [2.45, 2.75) is 39.8 Å². The van der Waals surface area contributed by atoms with E-state index in [4.69, 9.17) is 9.47 Å². The zero-order chi connectivity index (χ0) is 13.1. The van der Waals surface area contributed by atoms with Crippen LogP contribution < -0.4 is 5.32 Å². The molecule has 104 valence electrons. The van der Waals surface area contributed by atoms with Crippen LogP contribution >= 0.6 is 11.3 Å². The van der Waals surface area contributed by atoms with E-state index in [-0.39, 0.29) is 0 Å². The quantitative estimate of drug-likeness (QED) is 0.629. The average Bonchev–Trinajstić information content (AvgIpc) is 2.82. The fraction of sp³-hybridized carbons (Fsp3) is 0.769. The summed E-state index contributed by atoms with van der Waals surface area (Å²) in [6, 6.07) is 0. The van der Waals surface area contributed by atoms with E-state index >= 15 is 0 Å². The number of nitrogens with zero attached hydrogens (tertiary/aromatic N) is 1. The van der Waals surface area contributed by atoms with Crippen molar-refractivity contribution >= 4 is 11.3 Å². The van der Waals surface area contributed by atoms with Gasteiger partial charge in [0.15, 0.2) is 0 Å². The molecule has 0 unspecified atom stereocenters. The van der Waals surface area contributed by atoms with Crippen molar-refractivity contribution in [2.75, 3.05) is 26.4 Å². The molecule has 0 aromatic carbocycles. The highest BCUT2D eigenvalue weighted by molar-refractivity contribution is 7.09. The highest BCUT2D eigenvalue weighted by Crippen LogP contribution is 2.10. The van der Waals surface area contributed by atoms with Gasteiger partial charge < -0.3 is 14.8 Å². The number of hydrogen-bond acceptors (Lipinski definition) is 5. The molecule has 0 radical (unpaired) electrons. The number of nitrogens with one attached hydrogen (secondary N) is 1. The number of hydrogen-bond donors (Lipinski definition) is 1. The van der Waals surface area contributed by atoms with Crippen molar-refractivity contribution in [3.63, 3.8) is 0 Å². The topological polar surface area (TPSA) is 43.4 Å². The van der Waals surface area contributed by atoms with Crippen LogP contribution in [0.1, 0.15) is 37.4 Å². The van der Waals surface area contributed by atoms with Gasteiger partial charge in [-0.15, -0.1) is 11.3 Å². The number of thiazole rings is 1. The maximum absolute atomic E-state index is 5.50. The fourth-order valence-corrected chi connectivity index (χ4v) is 2.16. The van der Waals surface area contributed by atoms with E-state index in [2.05, 4.69) is 29.5 Å². The van der Waals surface area contributed by atoms with E-state index in [1.807, 2.05) is 0 Å². The lowest BCUT2D eigenvalue weighted by molar-refractivity contribution is 0.0398. The van der Waals surface area contributed by atoms with Crippen LogP contribution in [0, 0.1) is 0 Å². The van der Waals surface area contributed by atoms with E-state index in [1.165, 1.54) is 0 Å². The molecule has 0 aliphatic heterocycles. The number of aromatic nitrogens is 1. The SMILES string of the molecule is CCCNCc1nc(COCCOCCC)cs1. The molecule has 0 fully saturated rings. The Morgan fingerprint density at radius 2 is 2.00 bits per heavy atom. The Labute approximate surface area is 114 Å². The highest BCUT2D eigenvalue weighted by Gasteiger charge is 2.01. The van der Waals surface area contributed by atoms with Crippen molar-refractivity contribution in [1.82, 2.24) is 10.3 Å². The van der Waals surface area contributed by atoms with Crippen LogP contribution in [-0.2, 0) is 22.6 Å². The first-order valence-electron chi connectivity index (χ1n) is 6.66. The van der Waals surface area contributed by atoms with Crippen molar-refractivity contribution in [2.24, 2.45) is 0 Å². The number of rotatable bonds is 11. The Kier molecular flexibility index (Phi) is 9.02. The molecular weight excluding hydrogens is 248 g/mol. The molecule has 0 spiro atoms. The van der Waals surface area contributed by atoms with Crippen LogP contribution in [0.25, 0.3) is 0 Å². The van der Waals surface area contributed by atoms with Gasteiger partial charge in [-0.25, -0.2) is 4.98 Å². The van der Waals surface area contributed by atoms with Crippen LogP contribution in [0.2, 0.25) is 0 Å². The summed E-state index contributed by atoms with van der Waals surface area (Å²) in [7, 11) is 0. The summed E-state index contributed by atoms with van der Waals surface area (Å²) < 4.78 is 10.8. The largest absolute Gasteiger partial charge is 0.379 e. The molecule has 0 aliphatic rings. The third-order valence-electron chi connectivity index (χ3n) is 2.27. The van der Waals surface area contributed by atoms with Crippen molar-refractivity contribution in [3.05, 3.63) is 16.1 Å². The molecule has 0 bridgehead atoms. The molecule has 18 heavy (non-hydrogen) atoms. The lowest BCUT2D eigenvalue weighted by Gasteiger charge is -2.03. The molecular formula is C13H24N2O2S. The van der Waals surface area contributed by atoms with Gasteiger partial charge in [0.1, 0.15) is 5.01 Å². The summed E-state index contributed by atoms with van der Waals surface area (Å²) in [5.41, 5.74) is 1.02. The Balaban J connectivity index is 2.07. The molecule has 1 N–H and O–H groups in total. The minimum atomic E-state index is 0.583.